The van der Waals surface area contributed by atoms with Crippen LogP contribution in [0.1, 0.15) is 44.5 Å². The Balaban J connectivity index is 1.84. The third-order valence-electron chi connectivity index (χ3n) is 5.65. The molecule has 0 amide bonds. The molecule has 4 aromatic rings. The second kappa shape index (κ2) is 9.85. The second-order valence-electron chi connectivity index (χ2n) is 7.89. The lowest BCUT2D eigenvalue weighted by molar-refractivity contribution is 0.328. The van der Waals surface area contributed by atoms with Crippen LogP contribution in [0.4, 0.5) is 5.69 Å². The van der Waals surface area contributed by atoms with E-state index < -0.39 is 0 Å². The van der Waals surface area contributed by atoms with E-state index >= 15 is 0 Å². The number of hydrogen-bond acceptors (Lipinski definition) is 7. The van der Waals surface area contributed by atoms with Crippen molar-refractivity contribution in [2.45, 2.75) is 46.7 Å². The number of aryl methyl sites for hydroxylation is 1. The maximum atomic E-state index is 5.78. The van der Waals surface area contributed by atoms with Crippen molar-refractivity contribution >= 4 is 16.7 Å². The lowest BCUT2D eigenvalue weighted by Gasteiger charge is -2.16. The highest BCUT2D eigenvalue weighted by molar-refractivity contribution is 5.93. The Bertz CT molecular complexity index is 1250. The first-order valence-electron chi connectivity index (χ1n) is 11.3. The van der Waals surface area contributed by atoms with Crippen molar-refractivity contribution in [2.24, 2.45) is 0 Å². The topological polar surface area (TPSA) is 87.0 Å². The molecule has 0 spiro atoms. The lowest BCUT2D eigenvalue weighted by atomic mass is 10.1. The van der Waals surface area contributed by atoms with Crippen molar-refractivity contribution in [3.05, 3.63) is 54.0 Å². The average molecular weight is 447 g/mol. The van der Waals surface area contributed by atoms with Crippen LogP contribution < -0.4 is 14.8 Å². The van der Waals surface area contributed by atoms with Gasteiger partial charge in [-0.2, -0.15) is 5.10 Å². The average Bonchev–Trinajstić information content (AvgIpc) is 3.19. The van der Waals surface area contributed by atoms with Gasteiger partial charge < -0.3 is 14.8 Å². The Labute approximate surface area is 194 Å². The Morgan fingerprint density at radius 1 is 1.12 bits per heavy atom. The van der Waals surface area contributed by atoms with E-state index in [2.05, 4.69) is 39.9 Å². The number of aromatic nitrogens is 5. The van der Waals surface area contributed by atoms with E-state index in [0.29, 0.717) is 24.9 Å². The summed E-state index contributed by atoms with van der Waals surface area (Å²) in [6, 6.07) is 10.1. The van der Waals surface area contributed by atoms with Crippen LogP contribution in [0.15, 0.2) is 42.7 Å². The van der Waals surface area contributed by atoms with Gasteiger partial charge in [0.15, 0.2) is 0 Å². The van der Waals surface area contributed by atoms with Gasteiger partial charge in [0.1, 0.15) is 11.0 Å². The quantitative estimate of drug-likeness (QED) is 0.379. The minimum absolute atomic E-state index is 0.243. The van der Waals surface area contributed by atoms with Gasteiger partial charge in [-0.25, -0.2) is 15.0 Å². The number of hydrogen-bond donors (Lipinski definition) is 1. The van der Waals surface area contributed by atoms with Crippen molar-refractivity contribution < 1.29 is 9.47 Å². The van der Waals surface area contributed by atoms with E-state index in [9.17, 15) is 0 Å². The first kappa shape index (κ1) is 22.5. The molecule has 0 saturated carbocycles. The van der Waals surface area contributed by atoms with Gasteiger partial charge in [0.2, 0.25) is 11.8 Å². The fourth-order valence-electron chi connectivity index (χ4n) is 3.75. The van der Waals surface area contributed by atoms with Gasteiger partial charge in [0, 0.05) is 31.0 Å². The SMILES string of the molecule is CCOc1ncccc1-c1cc(NCc2ccnc(OC)c2)c2c(n1)c(C)nn2[C@H](C)CC. The summed E-state index contributed by atoms with van der Waals surface area (Å²) >= 11 is 0. The molecule has 0 saturated heterocycles. The van der Waals surface area contributed by atoms with E-state index in [1.807, 2.05) is 38.1 Å². The summed E-state index contributed by atoms with van der Waals surface area (Å²) in [5.74, 6) is 1.16. The summed E-state index contributed by atoms with van der Waals surface area (Å²) in [4.78, 5) is 13.6. The monoisotopic (exact) mass is 446 g/mol. The van der Waals surface area contributed by atoms with E-state index in [-0.39, 0.29) is 6.04 Å². The van der Waals surface area contributed by atoms with Gasteiger partial charge >= 0.3 is 0 Å². The molecular weight excluding hydrogens is 416 g/mol. The number of rotatable bonds is 9. The van der Waals surface area contributed by atoms with E-state index in [1.54, 1.807) is 19.5 Å². The van der Waals surface area contributed by atoms with Crippen LogP contribution in [0.3, 0.4) is 0 Å². The number of ether oxygens (including phenoxy) is 2. The molecule has 0 aliphatic carbocycles. The van der Waals surface area contributed by atoms with Crippen LogP contribution in [0, 0.1) is 6.92 Å². The van der Waals surface area contributed by atoms with Crippen LogP contribution in [0.25, 0.3) is 22.3 Å². The Kier molecular flexibility index (Phi) is 6.72. The van der Waals surface area contributed by atoms with Gasteiger partial charge in [-0.15, -0.1) is 0 Å². The molecule has 1 atom stereocenters. The third kappa shape index (κ3) is 4.60. The highest BCUT2D eigenvalue weighted by atomic mass is 16.5. The molecule has 0 fully saturated rings. The predicted molar refractivity (Wildman–Crippen MR) is 130 cm³/mol. The fraction of sp³-hybridized carbons (Fsp3) is 0.360. The Morgan fingerprint density at radius 2 is 1.97 bits per heavy atom. The molecular formula is C25H30N6O2. The molecule has 0 aliphatic heterocycles. The van der Waals surface area contributed by atoms with E-state index in [1.165, 1.54) is 0 Å². The fourth-order valence-corrected chi connectivity index (χ4v) is 3.75. The number of fused-ring (bicyclic) bond motifs is 1. The van der Waals surface area contributed by atoms with Gasteiger partial charge in [-0.3, -0.25) is 4.68 Å². The zero-order valence-electron chi connectivity index (χ0n) is 19.8. The molecule has 1 N–H and O–H groups in total. The van der Waals surface area contributed by atoms with Crippen molar-refractivity contribution in [3.8, 4) is 23.0 Å². The summed E-state index contributed by atoms with van der Waals surface area (Å²) in [5.41, 5.74) is 6.42. The van der Waals surface area contributed by atoms with Crippen molar-refractivity contribution in [3.63, 3.8) is 0 Å². The van der Waals surface area contributed by atoms with Gasteiger partial charge in [-0.1, -0.05) is 6.92 Å². The molecule has 0 unspecified atom stereocenters. The Hall–Kier alpha value is -3.68. The first-order chi connectivity index (χ1) is 16.0. The zero-order chi connectivity index (χ0) is 23.4. The second-order valence-corrected chi connectivity index (χ2v) is 7.89. The van der Waals surface area contributed by atoms with Crippen LogP contribution in [-0.2, 0) is 6.54 Å². The van der Waals surface area contributed by atoms with Crippen molar-refractivity contribution in [1.29, 1.82) is 0 Å². The maximum absolute atomic E-state index is 5.78. The van der Waals surface area contributed by atoms with E-state index in [4.69, 9.17) is 19.6 Å². The minimum Gasteiger partial charge on any atom is -0.481 e. The van der Waals surface area contributed by atoms with E-state index in [0.717, 1.165) is 45.7 Å². The molecule has 4 heterocycles. The molecule has 8 heteroatoms. The summed E-state index contributed by atoms with van der Waals surface area (Å²) in [6.07, 6.45) is 4.45. The molecule has 0 radical (unpaired) electrons. The van der Waals surface area contributed by atoms with Crippen molar-refractivity contribution in [1.82, 2.24) is 24.7 Å². The first-order valence-corrected chi connectivity index (χ1v) is 11.3. The third-order valence-corrected chi connectivity index (χ3v) is 5.65. The normalized spacial score (nSPS) is 12.0. The van der Waals surface area contributed by atoms with Crippen LogP contribution in [-0.4, -0.2) is 38.4 Å². The number of nitrogens with one attached hydrogen (secondary N) is 1. The smallest absolute Gasteiger partial charge is 0.222 e. The minimum atomic E-state index is 0.243. The molecule has 33 heavy (non-hydrogen) atoms. The molecule has 4 rings (SSSR count). The molecule has 0 aromatic carbocycles. The largest absolute Gasteiger partial charge is 0.481 e. The highest BCUT2D eigenvalue weighted by Crippen LogP contribution is 2.35. The number of nitrogens with zero attached hydrogens (tertiary/aromatic N) is 5. The standard InChI is InChI=1S/C25H30N6O2/c1-6-16(3)31-24-21(28-15-18-10-12-26-22(13-18)32-5)14-20(29-23(24)17(4)30-31)19-9-8-11-27-25(19)33-7-2/h8-14,16H,6-7,15H2,1-5H3,(H,28,29)/t16-/m1/s1. The predicted octanol–water partition coefficient (Wildman–Crippen LogP) is 5.19. The highest BCUT2D eigenvalue weighted by Gasteiger charge is 2.20. The molecule has 0 aliphatic rings. The zero-order valence-corrected chi connectivity index (χ0v) is 19.8. The molecule has 0 bridgehead atoms. The van der Waals surface area contributed by atoms with Crippen LogP contribution in [0.2, 0.25) is 0 Å². The number of methoxy groups -OCH3 is 1. The van der Waals surface area contributed by atoms with Crippen molar-refractivity contribution in [2.75, 3.05) is 19.0 Å². The van der Waals surface area contributed by atoms with Crippen LogP contribution in [0.5, 0.6) is 11.8 Å². The summed E-state index contributed by atoms with van der Waals surface area (Å²) < 4.78 is 13.1. The maximum Gasteiger partial charge on any atom is 0.222 e. The molecule has 4 aromatic heterocycles. The van der Waals surface area contributed by atoms with Gasteiger partial charge in [-0.05, 0) is 57.0 Å². The number of anilines is 1. The van der Waals surface area contributed by atoms with Gasteiger partial charge in [0.25, 0.3) is 0 Å². The molecule has 8 nitrogen and oxygen atoms in total. The Morgan fingerprint density at radius 3 is 2.73 bits per heavy atom. The lowest BCUT2D eigenvalue weighted by Crippen LogP contribution is -2.09. The van der Waals surface area contributed by atoms with Crippen LogP contribution >= 0.6 is 0 Å². The number of pyridine rings is 3. The summed E-state index contributed by atoms with van der Waals surface area (Å²) in [6.45, 7) is 9.43. The van der Waals surface area contributed by atoms with Gasteiger partial charge in [0.05, 0.1) is 36.4 Å². The molecule has 172 valence electrons. The summed E-state index contributed by atoms with van der Waals surface area (Å²) in [5, 5.41) is 8.44. The summed E-state index contributed by atoms with van der Waals surface area (Å²) in [7, 11) is 1.62.